The van der Waals surface area contributed by atoms with Gasteiger partial charge in [0.05, 0.1) is 0 Å². The highest BCUT2D eigenvalue weighted by Crippen LogP contribution is 2.42. The van der Waals surface area contributed by atoms with Gasteiger partial charge in [-0.25, -0.2) is 9.59 Å². The summed E-state index contributed by atoms with van der Waals surface area (Å²) < 4.78 is 10.8. The lowest BCUT2D eigenvalue weighted by Gasteiger charge is -2.30. The topological polar surface area (TPSA) is 52.6 Å². The van der Waals surface area contributed by atoms with Crippen molar-refractivity contribution in [3.05, 3.63) is 48.0 Å². The summed E-state index contributed by atoms with van der Waals surface area (Å²) in [6, 6.07) is 9.76. The molecule has 4 heteroatoms. The Morgan fingerprint density at radius 3 is 2.32 bits per heavy atom. The first kappa shape index (κ1) is 16.3. The molecule has 1 atom stereocenters. The maximum atomic E-state index is 12.3. The quantitative estimate of drug-likeness (QED) is 0.617. The summed E-state index contributed by atoms with van der Waals surface area (Å²) in [5.74, 6) is -1.09. The van der Waals surface area contributed by atoms with Crippen molar-refractivity contribution in [2.75, 3.05) is 0 Å². The van der Waals surface area contributed by atoms with Crippen molar-refractivity contribution in [3.63, 3.8) is 0 Å². The highest BCUT2D eigenvalue weighted by molar-refractivity contribution is 5.89. The van der Waals surface area contributed by atoms with Crippen LogP contribution >= 0.6 is 0 Å². The van der Waals surface area contributed by atoms with Gasteiger partial charge in [0.2, 0.25) is 0 Å². The summed E-state index contributed by atoms with van der Waals surface area (Å²) in [6.07, 6.45) is 2.68. The van der Waals surface area contributed by atoms with Crippen LogP contribution in [0.1, 0.15) is 45.1 Å². The van der Waals surface area contributed by atoms with Crippen LogP contribution in [0.3, 0.4) is 0 Å². The standard InChI is InChI=1S/C18H22O4/c1-13(2)16(19)21-14(3)17(20)22-18(11-7-8-12-18)15-9-5-4-6-10-15/h4-6,9-10,14H,1,7-8,11-12H2,2-3H3. The molecule has 118 valence electrons. The van der Waals surface area contributed by atoms with E-state index in [4.69, 9.17) is 9.47 Å². The third-order valence-electron chi connectivity index (χ3n) is 3.97. The van der Waals surface area contributed by atoms with Crippen molar-refractivity contribution in [1.29, 1.82) is 0 Å². The molecule has 1 fully saturated rings. The van der Waals surface area contributed by atoms with Crippen LogP contribution in [0, 0.1) is 0 Å². The molecule has 0 aliphatic heterocycles. The molecule has 4 nitrogen and oxygen atoms in total. The van der Waals surface area contributed by atoms with E-state index in [0.717, 1.165) is 31.2 Å². The van der Waals surface area contributed by atoms with E-state index in [2.05, 4.69) is 6.58 Å². The predicted octanol–water partition coefficient (Wildman–Crippen LogP) is 3.51. The molecular formula is C18H22O4. The molecule has 0 amide bonds. The van der Waals surface area contributed by atoms with E-state index < -0.39 is 23.6 Å². The number of carbonyl (C=O) groups is 2. The fourth-order valence-corrected chi connectivity index (χ4v) is 2.72. The summed E-state index contributed by atoms with van der Waals surface area (Å²) >= 11 is 0. The Labute approximate surface area is 131 Å². The molecular weight excluding hydrogens is 280 g/mol. The van der Waals surface area contributed by atoms with Crippen LogP contribution in [0.15, 0.2) is 42.5 Å². The van der Waals surface area contributed by atoms with Gasteiger partial charge in [-0.05, 0) is 45.1 Å². The number of rotatable bonds is 5. The Kier molecular flexibility index (Phi) is 5.01. The number of benzene rings is 1. The smallest absolute Gasteiger partial charge is 0.348 e. The monoisotopic (exact) mass is 302 g/mol. The second kappa shape index (κ2) is 6.77. The van der Waals surface area contributed by atoms with Crippen LogP contribution in [-0.2, 0) is 24.7 Å². The van der Waals surface area contributed by atoms with Crippen LogP contribution < -0.4 is 0 Å². The minimum absolute atomic E-state index is 0.262. The Bertz CT molecular complexity index is 556. The fraction of sp³-hybridized carbons (Fsp3) is 0.444. The molecule has 1 unspecified atom stereocenters. The van der Waals surface area contributed by atoms with Gasteiger partial charge in [-0.3, -0.25) is 0 Å². The Morgan fingerprint density at radius 1 is 1.18 bits per heavy atom. The average Bonchev–Trinajstić information content (AvgIpc) is 2.97. The van der Waals surface area contributed by atoms with Crippen molar-refractivity contribution in [3.8, 4) is 0 Å². The predicted molar refractivity (Wildman–Crippen MR) is 83.0 cm³/mol. The summed E-state index contributed by atoms with van der Waals surface area (Å²) in [5.41, 5.74) is 0.667. The lowest BCUT2D eigenvalue weighted by atomic mass is 9.92. The molecule has 0 spiro atoms. The SMILES string of the molecule is C=C(C)C(=O)OC(C)C(=O)OC1(c2ccccc2)CCCC1. The van der Waals surface area contributed by atoms with Crippen LogP contribution in [0.2, 0.25) is 0 Å². The lowest BCUT2D eigenvalue weighted by Crippen LogP contribution is -2.35. The number of carbonyl (C=O) groups excluding carboxylic acids is 2. The first-order chi connectivity index (χ1) is 10.4. The molecule has 0 saturated heterocycles. The maximum absolute atomic E-state index is 12.3. The summed E-state index contributed by atoms with van der Waals surface area (Å²) in [7, 11) is 0. The molecule has 1 aromatic carbocycles. The fourth-order valence-electron chi connectivity index (χ4n) is 2.72. The van der Waals surface area contributed by atoms with Crippen LogP contribution in [0.5, 0.6) is 0 Å². The van der Waals surface area contributed by atoms with Crippen LogP contribution in [0.4, 0.5) is 0 Å². The van der Waals surface area contributed by atoms with Crippen molar-refractivity contribution in [2.45, 2.75) is 51.2 Å². The van der Waals surface area contributed by atoms with E-state index in [1.807, 2.05) is 30.3 Å². The average molecular weight is 302 g/mol. The van der Waals surface area contributed by atoms with Gasteiger partial charge >= 0.3 is 11.9 Å². The summed E-state index contributed by atoms with van der Waals surface area (Å²) in [6.45, 7) is 6.57. The van der Waals surface area contributed by atoms with Gasteiger partial charge in [0, 0.05) is 5.57 Å². The van der Waals surface area contributed by atoms with Crippen molar-refractivity contribution in [2.24, 2.45) is 0 Å². The molecule has 1 aliphatic carbocycles. The Morgan fingerprint density at radius 2 is 1.77 bits per heavy atom. The highest BCUT2D eigenvalue weighted by Gasteiger charge is 2.40. The van der Waals surface area contributed by atoms with Crippen molar-refractivity contribution in [1.82, 2.24) is 0 Å². The number of hydrogen-bond acceptors (Lipinski definition) is 4. The third kappa shape index (κ3) is 3.56. The molecule has 2 rings (SSSR count). The zero-order chi connectivity index (χ0) is 16.2. The summed E-state index contributed by atoms with van der Waals surface area (Å²) in [5, 5.41) is 0. The third-order valence-corrected chi connectivity index (χ3v) is 3.97. The second-order valence-electron chi connectivity index (χ2n) is 5.82. The van der Waals surface area contributed by atoms with E-state index >= 15 is 0 Å². The van der Waals surface area contributed by atoms with Gasteiger partial charge in [-0.1, -0.05) is 36.9 Å². The minimum atomic E-state index is -0.939. The van der Waals surface area contributed by atoms with E-state index in [0.29, 0.717) is 0 Å². The molecule has 0 heterocycles. The molecule has 0 aromatic heterocycles. The molecule has 1 saturated carbocycles. The van der Waals surface area contributed by atoms with E-state index in [1.54, 1.807) is 6.92 Å². The van der Waals surface area contributed by atoms with Gasteiger partial charge in [-0.15, -0.1) is 0 Å². The normalized spacial score (nSPS) is 17.5. The van der Waals surface area contributed by atoms with Crippen molar-refractivity contribution < 1.29 is 19.1 Å². The first-order valence-corrected chi connectivity index (χ1v) is 7.59. The Hall–Kier alpha value is -2.10. The van der Waals surface area contributed by atoms with Gasteiger partial charge in [0.25, 0.3) is 0 Å². The van der Waals surface area contributed by atoms with E-state index in [9.17, 15) is 9.59 Å². The zero-order valence-electron chi connectivity index (χ0n) is 13.1. The summed E-state index contributed by atoms with van der Waals surface area (Å²) in [4.78, 5) is 23.8. The van der Waals surface area contributed by atoms with Gasteiger partial charge in [0.15, 0.2) is 6.10 Å². The molecule has 0 bridgehead atoms. The molecule has 1 aliphatic rings. The lowest BCUT2D eigenvalue weighted by molar-refractivity contribution is -0.177. The van der Waals surface area contributed by atoms with Crippen molar-refractivity contribution >= 4 is 11.9 Å². The number of esters is 2. The molecule has 0 radical (unpaired) electrons. The number of ether oxygens (including phenoxy) is 2. The maximum Gasteiger partial charge on any atom is 0.348 e. The van der Waals surface area contributed by atoms with Gasteiger partial charge in [-0.2, -0.15) is 0 Å². The van der Waals surface area contributed by atoms with Gasteiger partial charge < -0.3 is 9.47 Å². The molecule has 22 heavy (non-hydrogen) atoms. The van der Waals surface area contributed by atoms with Crippen LogP contribution in [0.25, 0.3) is 0 Å². The van der Waals surface area contributed by atoms with E-state index in [-0.39, 0.29) is 5.57 Å². The Balaban J connectivity index is 2.10. The van der Waals surface area contributed by atoms with E-state index in [1.165, 1.54) is 6.92 Å². The second-order valence-corrected chi connectivity index (χ2v) is 5.82. The minimum Gasteiger partial charge on any atom is -0.451 e. The number of hydrogen-bond donors (Lipinski definition) is 0. The molecule has 1 aromatic rings. The highest BCUT2D eigenvalue weighted by atomic mass is 16.6. The largest absolute Gasteiger partial charge is 0.451 e. The first-order valence-electron chi connectivity index (χ1n) is 7.59. The van der Waals surface area contributed by atoms with Crippen LogP contribution in [-0.4, -0.2) is 18.0 Å². The zero-order valence-corrected chi connectivity index (χ0v) is 13.1. The molecule has 0 N–H and O–H groups in total. The van der Waals surface area contributed by atoms with Gasteiger partial charge in [0.1, 0.15) is 5.60 Å².